The van der Waals surface area contributed by atoms with Crippen LogP contribution in [0, 0.1) is 13.8 Å². The maximum absolute atomic E-state index is 9.70. The normalized spacial score (nSPS) is 11.7. The number of aromatic hydroxyl groups is 2. The van der Waals surface area contributed by atoms with Crippen molar-refractivity contribution in [2.24, 2.45) is 0 Å². The summed E-state index contributed by atoms with van der Waals surface area (Å²) in [4.78, 5) is 0. The zero-order valence-corrected chi connectivity index (χ0v) is 15.5. The summed E-state index contributed by atoms with van der Waals surface area (Å²) in [5, 5.41) is 19.4. The van der Waals surface area contributed by atoms with E-state index in [-0.39, 0.29) is 11.5 Å². The van der Waals surface area contributed by atoms with E-state index in [2.05, 4.69) is 0 Å². The van der Waals surface area contributed by atoms with Crippen molar-refractivity contribution in [3.8, 4) is 11.5 Å². The molecule has 0 aliphatic heterocycles. The van der Waals surface area contributed by atoms with Gasteiger partial charge in [-0.3, -0.25) is 0 Å². The van der Waals surface area contributed by atoms with Gasteiger partial charge in [-0.15, -0.1) is 0 Å². The van der Waals surface area contributed by atoms with Crippen LogP contribution < -0.4 is 0 Å². The Morgan fingerprint density at radius 1 is 0.760 bits per heavy atom. The average Bonchev–Trinajstić information content (AvgIpc) is 2.61. The van der Waals surface area contributed by atoms with Crippen molar-refractivity contribution in [1.82, 2.24) is 0 Å². The van der Waals surface area contributed by atoms with Gasteiger partial charge >= 0.3 is 0 Å². The van der Waals surface area contributed by atoms with Gasteiger partial charge in [0.15, 0.2) is 5.79 Å². The molecule has 0 heterocycles. The Balaban J connectivity index is 2.09. The van der Waals surface area contributed by atoms with E-state index in [1.807, 2.05) is 26.0 Å². The summed E-state index contributed by atoms with van der Waals surface area (Å²) in [5.74, 6) is -0.150. The van der Waals surface area contributed by atoms with Crippen molar-refractivity contribution in [3.05, 3.63) is 58.7 Å². The van der Waals surface area contributed by atoms with Gasteiger partial charge in [-0.25, -0.2) is 0 Å². The first-order chi connectivity index (χ1) is 11.9. The molecule has 2 aromatic carbocycles. The fourth-order valence-corrected chi connectivity index (χ4v) is 3.12. The fourth-order valence-electron chi connectivity index (χ4n) is 3.12. The van der Waals surface area contributed by atoms with Gasteiger partial charge in [-0.05, 0) is 73.2 Å². The molecular weight excluding hydrogens is 316 g/mol. The third kappa shape index (κ3) is 4.97. The predicted octanol–water partition coefficient (Wildman–Crippen LogP) is 4.27. The number of benzene rings is 2. The van der Waals surface area contributed by atoms with Gasteiger partial charge in [0, 0.05) is 27.1 Å². The standard InChI is InChI=1S/C21H28O4/c1-15-5-7-19(22)13-17(15)9-11-21(24-3,25-4)12-10-18-14-20(23)8-6-16(18)2/h5-8,13-14,22-23H,9-12H2,1-4H3. The van der Waals surface area contributed by atoms with Gasteiger partial charge in [-0.2, -0.15) is 0 Å². The molecule has 0 saturated carbocycles. The second-order valence-corrected chi connectivity index (χ2v) is 6.54. The first-order valence-corrected chi connectivity index (χ1v) is 8.56. The molecule has 0 radical (unpaired) electrons. The number of phenols is 2. The van der Waals surface area contributed by atoms with Crippen molar-refractivity contribution in [2.75, 3.05) is 14.2 Å². The molecule has 4 nitrogen and oxygen atoms in total. The Labute approximate surface area is 150 Å². The lowest BCUT2D eigenvalue weighted by molar-refractivity contribution is -0.214. The molecule has 0 aliphatic carbocycles. The minimum absolute atomic E-state index is 0.274. The smallest absolute Gasteiger partial charge is 0.168 e. The highest BCUT2D eigenvalue weighted by Crippen LogP contribution is 2.28. The molecule has 0 aliphatic rings. The first kappa shape index (κ1) is 19.3. The van der Waals surface area contributed by atoms with Crippen LogP contribution in [0.4, 0.5) is 0 Å². The highest BCUT2D eigenvalue weighted by Gasteiger charge is 2.29. The van der Waals surface area contributed by atoms with E-state index in [1.165, 1.54) is 0 Å². The van der Waals surface area contributed by atoms with Crippen LogP contribution >= 0.6 is 0 Å². The zero-order valence-electron chi connectivity index (χ0n) is 15.5. The minimum atomic E-state index is -0.699. The molecule has 0 bridgehead atoms. The summed E-state index contributed by atoms with van der Waals surface area (Å²) >= 11 is 0. The van der Waals surface area contributed by atoms with Gasteiger partial charge < -0.3 is 19.7 Å². The summed E-state index contributed by atoms with van der Waals surface area (Å²) in [6, 6.07) is 10.8. The average molecular weight is 344 g/mol. The van der Waals surface area contributed by atoms with Gasteiger partial charge in [0.1, 0.15) is 11.5 Å². The second kappa shape index (κ2) is 8.37. The van der Waals surface area contributed by atoms with Crippen LogP contribution in [0.1, 0.15) is 35.1 Å². The monoisotopic (exact) mass is 344 g/mol. The topological polar surface area (TPSA) is 58.9 Å². The predicted molar refractivity (Wildman–Crippen MR) is 99.1 cm³/mol. The number of ether oxygens (including phenoxy) is 2. The quantitative estimate of drug-likeness (QED) is 0.702. The molecule has 0 unspecified atom stereocenters. The van der Waals surface area contributed by atoms with E-state index in [4.69, 9.17) is 9.47 Å². The van der Waals surface area contributed by atoms with Crippen LogP contribution in [0.2, 0.25) is 0 Å². The van der Waals surface area contributed by atoms with E-state index >= 15 is 0 Å². The number of hydrogen-bond acceptors (Lipinski definition) is 4. The second-order valence-electron chi connectivity index (χ2n) is 6.54. The van der Waals surface area contributed by atoms with Crippen molar-refractivity contribution in [3.63, 3.8) is 0 Å². The van der Waals surface area contributed by atoms with Gasteiger partial charge in [0.25, 0.3) is 0 Å². The molecular formula is C21H28O4. The molecule has 136 valence electrons. The molecule has 0 amide bonds. The number of methoxy groups -OCH3 is 2. The molecule has 2 N–H and O–H groups in total. The summed E-state index contributed by atoms with van der Waals surface area (Å²) in [6.07, 6.45) is 2.87. The summed E-state index contributed by atoms with van der Waals surface area (Å²) in [5.41, 5.74) is 4.46. The largest absolute Gasteiger partial charge is 0.508 e. The number of rotatable bonds is 8. The molecule has 0 saturated heterocycles. The highest BCUT2D eigenvalue weighted by atomic mass is 16.7. The Bertz CT molecular complexity index is 648. The van der Waals surface area contributed by atoms with E-state index < -0.39 is 5.79 Å². The lowest BCUT2D eigenvalue weighted by Gasteiger charge is -2.31. The third-order valence-electron chi connectivity index (χ3n) is 4.96. The van der Waals surface area contributed by atoms with Crippen molar-refractivity contribution < 1.29 is 19.7 Å². The van der Waals surface area contributed by atoms with Crippen LogP contribution in [-0.4, -0.2) is 30.2 Å². The lowest BCUT2D eigenvalue weighted by Crippen LogP contribution is -2.35. The van der Waals surface area contributed by atoms with Crippen LogP contribution in [0.25, 0.3) is 0 Å². The first-order valence-electron chi connectivity index (χ1n) is 8.56. The lowest BCUT2D eigenvalue weighted by atomic mass is 9.94. The van der Waals surface area contributed by atoms with Crippen molar-refractivity contribution in [1.29, 1.82) is 0 Å². The maximum Gasteiger partial charge on any atom is 0.168 e. The fraction of sp³-hybridized carbons (Fsp3) is 0.429. The van der Waals surface area contributed by atoms with E-state index in [9.17, 15) is 10.2 Å². The Kier molecular flexibility index (Phi) is 6.45. The number of phenolic OH excluding ortho intramolecular Hbond substituents is 2. The van der Waals surface area contributed by atoms with Crippen molar-refractivity contribution in [2.45, 2.75) is 45.3 Å². The Morgan fingerprint density at radius 2 is 1.16 bits per heavy atom. The zero-order chi connectivity index (χ0) is 18.4. The van der Waals surface area contributed by atoms with Crippen LogP contribution in [0.3, 0.4) is 0 Å². The van der Waals surface area contributed by atoms with Crippen molar-refractivity contribution >= 4 is 0 Å². The Hall–Kier alpha value is -2.04. The van der Waals surface area contributed by atoms with Gasteiger partial charge in [0.05, 0.1) is 0 Å². The number of hydrogen-bond donors (Lipinski definition) is 2. The molecule has 4 heteroatoms. The maximum atomic E-state index is 9.70. The highest BCUT2D eigenvalue weighted by molar-refractivity contribution is 5.35. The van der Waals surface area contributed by atoms with Gasteiger partial charge in [-0.1, -0.05) is 12.1 Å². The minimum Gasteiger partial charge on any atom is -0.508 e. The van der Waals surface area contributed by atoms with E-state index in [1.54, 1.807) is 38.5 Å². The molecule has 2 rings (SSSR count). The molecule has 0 spiro atoms. The van der Waals surface area contributed by atoms with E-state index in [0.29, 0.717) is 12.8 Å². The SMILES string of the molecule is COC(CCc1cc(O)ccc1C)(CCc1cc(O)ccc1C)OC. The molecule has 2 aromatic rings. The van der Waals surface area contributed by atoms with Crippen LogP contribution in [-0.2, 0) is 22.3 Å². The van der Waals surface area contributed by atoms with Crippen LogP contribution in [0.5, 0.6) is 11.5 Å². The van der Waals surface area contributed by atoms with Crippen LogP contribution in [0.15, 0.2) is 36.4 Å². The van der Waals surface area contributed by atoms with E-state index in [0.717, 1.165) is 35.1 Å². The summed E-state index contributed by atoms with van der Waals surface area (Å²) < 4.78 is 11.4. The molecule has 25 heavy (non-hydrogen) atoms. The molecule has 0 aromatic heterocycles. The van der Waals surface area contributed by atoms with Gasteiger partial charge in [0.2, 0.25) is 0 Å². The third-order valence-corrected chi connectivity index (χ3v) is 4.96. The molecule has 0 fully saturated rings. The summed E-state index contributed by atoms with van der Waals surface area (Å²) in [6.45, 7) is 4.07. The Morgan fingerprint density at radius 3 is 1.52 bits per heavy atom. The summed E-state index contributed by atoms with van der Waals surface area (Å²) in [7, 11) is 3.32. The molecule has 0 atom stereocenters. The number of aryl methyl sites for hydroxylation is 4.